The van der Waals surface area contributed by atoms with Gasteiger partial charge in [-0.1, -0.05) is 41.6 Å². The maximum Gasteiger partial charge on any atom is 0.221 e. The van der Waals surface area contributed by atoms with Gasteiger partial charge in [-0.15, -0.1) is 10.2 Å². The van der Waals surface area contributed by atoms with Crippen LogP contribution < -0.4 is 5.32 Å². The molecule has 3 aromatic rings. The standard InChI is InChI=1S/C17H17ClN4O2S/c18-15-6-2-1-4-13(15)10-19-16(23)7-9-25-17-21-20-12-22(17)11-14-5-3-8-24-14/h1-6,8,12H,7,9-11H2,(H,19,23). The summed E-state index contributed by atoms with van der Waals surface area (Å²) in [7, 11) is 0. The highest BCUT2D eigenvalue weighted by atomic mass is 35.5. The van der Waals surface area contributed by atoms with Crippen molar-refractivity contribution in [2.75, 3.05) is 5.75 Å². The van der Waals surface area contributed by atoms with Crippen molar-refractivity contribution in [1.29, 1.82) is 0 Å². The molecule has 0 spiro atoms. The lowest BCUT2D eigenvalue weighted by atomic mass is 10.2. The van der Waals surface area contributed by atoms with Gasteiger partial charge in [0.2, 0.25) is 5.91 Å². The van der Waals surface area contributed by atoms with Gasteiger partial charge in [0.05, 0.1) is 12.8 Å². The molecule has 2 aromatic heterocycles. The van der Waals surface area contributed by atoms with Gasteiger partial charge in [-0.3, -0.25) is 4.79 Å². The lowest BCUT2D eigenvalue weighted by Crippen LogP contribution is -2.23. The Kier molecular flexibility index (Phi) is 6.14. The van der Waals surface area contributed by atoms with E-state index in [1.807, 2.05) is 41.0 Å². The zero-order chi connectivity index (χ0) is 17.5. The molecule has 0 bridgehead atoms. The fourth-order valence-electron chi connectivity index (χ4n) is 2.19. The minimum Gasteiger partial charge on any atom is -0.467 e. The largest absolute Gasteiger partial charge is 0.467 e. The fraction of sp³-hybridized carbons (Fsp3) is 0.235. The van der Waals surface area contributed by atoms with Gasteiger partial charge >= 0.3 is 0 Å². The van der Waals surface area contributed by atoms with Crippen LogP contribution in [-0.4, -0.2) is 26.4 Å². The Morgan fingerprint density at radius 2 is 2.16 bits per heavy atom. The quantitative estimate of drug-likeness (QED) is 0.610. The van der Waals surface area contributed by atoms with Crippen LogP contribution in [0.15, 0.2) is 58.6 Å². The van der Waals surface area contributed by atoms with Gasteiger partial charge in [0, 0.05) is 23.7 Å². The van der Waals surface area contributed by atoms with Gasteiger partial charge in [-0.25, -0.2) is 0 Å². The summed E-state index contributed by atoms with van der Waals surface area (Å²) < 4.78 is 7.22. The van der Waals surface area contributed by atoms with Crippen LogP contribution in [0, 0.1) is 0 Å². The van der Waals surface area contributed by atoms with Crippen LogP contribution in [0.4, 0.5) is 0 Å². The number of aromatic nitrogens is 3. The summed E-state index contributed by atoms with van der Waals surface area (Å²) in [4.78, 5) is 12.0. The van der Waals surface area contributed by atoms with Crippen LogP contribution in [0.2, 0.25) is 5.02 Å². The molecule has 2 heterocycles. The number of hydrogen-bond donors (Lipinski definition) is 1. The second-order valence-electron chi connectivity index (χ2n) is 5.29. The first-order valence-electron chi connectivity index (χ1n) is 7.75. The van der Waals surface area contributed by atoms with E-state index in [1.165, 1.54) is 11.8 Å². The Hall–Kier alpha value is -2.25. The number of rotatable bonds is 8. The summed E-state index contributed by atoms with van der Waals surface area (Å²) >= 11 is 7.56. The van der Waals surface area contributed by atoms with E-state index in [0.717, 1.165) is 16.5 Å². The molecule has 0 aliphatic rings. The third-order valence-electron chi connectivity index (χ3n) is 3.48. The van der Waals surface area contributed by atoms with Crippen LogP contribution in [0.3, 0.4) is 0 Å². The van der Waals surface area contributed by atoms with E-state index in [-0.39, 0.29) is 5.91 Å². The second-order valence-corrected chi connectivity index (χ2v) is 6.76. The summed E-state index contributed by atoms with van der Waals surface area (Å²) in [5.41, 5.74) is 0.906. The Labute approximate surface area is 154 Å². The van der Waals surface area contributed by atoms with Crippen LogP contribution in [0.1, 0.15) is 17.7 Å². The summed E-state index contributed by atoms with van der Waals surface area (Å²) in [6.45, 7) is 0.999. The maximum atomic E-state index is 12.0. The van der Waals surface area contributed by atoms with Crippen molar-refractivity contribution in [3.8, 4) is 0 Å². The predicted octanol–water partition coefficient (Wildman–Crippen LogP) is 3.37. The van der Waals surface area contributed by atoms with Crippen LogP contribution in [0.5, 0.6) is 0 Å². The third kappa shape index (κ3) is 5.11. The molecule has 130 valence electrons. The summed E-state index contributed by atoms with van der Waals surface area (Å²) in [6, 6.07) is 11.2. The molecule has 0 aliphatic heterocycles. The Balaban J connectivity index is 1.43. The number of carbonyl (C=O) groups is 1. The van der Waals surface area contributed by atoms with Crippen molar-refractivity contribution < 1.29 is 9.21 Å². The van der Waals surface area contributed by atoms with Crippen LogP contribution in [0.25, 0.3) is 0 Å². The lowest BCUT2D eigenvalue weighted by molar-refractivity contribution is -0.120. The molecule has 0 fully saturated rings. The Bertz CT molecular complexity index is 820. The van der Waals surface area contributed by atoms with E-state index in [4.69, 9.17) is 16.0 Å². The Morgan fingerprint density at radius 3 is 2.96 bits per heavy atom. The zero-order valence-corrected chi connectivity index (χ0v) is 15.0. The number of benzene rings is 1. The molecule has 1 aromatic carbocycles. The molecule has 0 saturated carbocycles. The molecule has 25 heavy (non-hydrogen) atoms. The lowest BCUT2D eigenvalue weighted by Gasteiger charge is -2.07. The number of carbonyl (C=O) groups excluding carboxylic acids is 1. The molecular formula is C17H17ClN4O2S. The first kappa shape index (κ1) is 17.6. The number of hydrogen-bond acceptors (Lipinski definition) is 5. The number of thioether (sulfide) groups is 1. The normalized spacial score (nSPS) is 10.8. The fourth-order valence-corrected chi connectivity index (χ4v) is 3.25. The van der Waals surface area contributed by atoms with Crippen molar-refractivity contribution in [2.45, 2.75) is 24.7 Å². The first-order chi connectivity index (χ1) is 12.2. The van der Waals surface area contributed by atoms with Crippen LogP contribution in [-0.2, 0) is 17.9 Å². The van der Waals surface area contributed by atoms with Gasteiger partial charge in [0.25, 0.3) is 0 Å². The number of nitrogens with one attached hydrogen (secondary N) is 1. The van der Waals surface area contributed by atoms with Gasteiger partial charge in [-0.2, -0.15) is 0 Å². The molecule has 0 radical (unpaired) electrons. The highest BCUT2D eigenvalue weighted by Crippen LogP contribution is 2.18. The molecule has 1 N–H and O–H groups in total. The molecule has 8 heteroatoms. The van der Waals surface area contributed by atoms with Crippen molar-refractivity contribution in [2.24, 2.45) is 0 Å². The summed E-state index contributed by atoms with van der Waals surface area (Å²) in [6.07, 6.45) is 3.68. The SMILES string of the molecule is O=C(CCSc1nncn1Cc1ccco1)NCc1ccccc1Cl. The van der Waals surface area contributed by atoms with Crippen molar-refractivity contribution in [3.05, 3.63) is 65.3 Å². The highest BCUT2D eigenvalue weighted by Gasteiger charge is 2.09. The molecule has 0 saturated heterocycles. The van der Waals surface area contributed by atoms with E-state index >= 15 is 0 Å². The van der Waals surface area contributed by atoms with Crippen molar-refractivity contribution >= 4 is 29.3 Å². The average molecular weight is 377 g/mol. The zero-order valence-electron chi connectivity index (χ0n) is 13.4. The van der Waals surface area contributed by atoms with E-state index in [9.17, 15) is 4.79 Å². The van der Waals surface area contributed by atoms with Crippen LogP contribution >= 0.6 is 23.4 Å². The maximum absolute atomic E-state index is 12.0. The molecule has 0 aliphatic carbocycles. The number of halogens is 1. The van der Waals surface area contributed by atoms with Crippen molar-refractivity contribution in [1.82, 2.24) is 20.1 Å². The molecule has 0 unspecified atom stereocenters. The Morgan fingerprint density at radius 1 is 1.28 bits per heavy atom. The topological polar surface area (TPSA) is 73.0 Å². The van der Waals surface area contributed by atoms with E-state index in [2.05, 4.69) is 15.5 Å². The third-order valence-corrected chi connectivity index (χ3v) is 4.83. The molecule has 6 nitrogen and oxygen atoms in total. The van der Waals surface area contributed by atoms with Gasteiger partial charge < -0.3 is 14.3 Å². The van der Waals surface area contributed by atoms with Crippen molar-refractivity contribution in [3.63, 3.8) is 0 Å². The smallest absolute Gasteiger partial charge is 0.221 e. The number of nitrogens with zero attached hydrogens (tertiary/aromatic N) is 3. The predicted molar refractivity (Wildman–Crippen MR) is 96.5 cm³/mol. The van der Waals surface area contributed by atoms with E-state index < -0.39 is 0 Å². The number of amides is 1. The number of furan rings is 1. The monoisotopic (exact) mass is 376 g/mol. The first-order valence-corrected chi connectivity index (χ1v) is 9.12. The molecule has 3 rings (SSSR count). The van der Waals surface area contributed by atoms with E-state index in [0.29, 0.717) is 30.3 Å². The average Bonchev–Trinajstić information content (AvgIpc) is 3.27. The molecule has 0 atom stereocenters. The molecular weight excluding hydrogens is 360 g/mol. The minimum atomic E-state index is -0.0236. The summed E-state index contributed by atoms with van der Waals surface area (Å²) in [5.74, 6) is 1.43. The van der Waals surface area contributed by atoms with Gasteiger partial charge in [-0.05, 0) is 23.8 Å². The second kappa shape index (κ2) is 8.73. The highest BCUT2D eigenvalue weighted by molar-refractivity contribution is 7.99. The van der Waals surface area contributed by atoms with Gasteiger partial charge in [0.1, 0.15) is 12.1 Å². The molecule has 1 amide bonds. The summed E-state index contributed by atoms with van der Waals surface area (Å²) in [5, 5.41) is 12.3. The van der Waals surface area contributed by atoms with E-state index in [1.54, 1.807) is 12.6 Å². The van der Waals surface area contributed by atoms with Gasteiger partial charge in [0.15, 0.2) is 5.16 Å². The minimum absolute atomic E-state index is 0.0236.